The first-order valence-electron chi connectivity index (χ1n) is 14.4. The zero-order chi connectivity index (χ0) is 26.5. The predicted octanol–water partition coefficient (Wildman–Crippen LogP) is 6.04. The first-order valence-corrected chi connectivity index (χ1v) is 14.4. The number of aliphatic carboxylic acids is 1. The Morgan fingerprint density at radius 1 is 1.06 bits per heavy atom. The number of aliphatic hydroxyl groups is 1. The van der Waals surface area contributed by atoms with E-state index in [0.717, 1.165) is 44.9 Å². The van der Waals surface area contributed by atoms with Crippen molar-refractivity contribution in [1.29, 1.82) is 0 Å². The lowest BCUT2D eigenvalue weighted by atomic mass is 9.43. The number of aliphatic hydroxyl groups excluding tert-OH is 1. The van der Waals surface area contributed by atoms with Crippen LogP contribution in [0.15, 0.2) is 0 Å². The molecule has 0 aromatic heterocycles. The van der Waals surface area contributed by atoms with Crippen LogP contribution >= 0.6 is 0 Å². The summed E-state index contributed by atoms with van der Waals surface area (Å²) < 4.78 is 31.7. The number of carboxylic acid groups (broad SMARTS) is 1. The van der Waals surface area contributed by atoms with Crippen molar-refractivity contribution in [2.45, 2.75) is 123 Å². The van der Waals surface area contributed by atoms with Gasteiger partial charge in [-0.2, -0.15) is 0 Å². The minimum Gasteiger partial charge on any atom is -0.480 e. The van der Waals surface area contributed by atoms with Gasteiger partial charge in [0.25, 0.3) is 5.92 Å². The van der Waals surface area contributed by atoms with Crippen LogP contribution in [-0.4, -0.2) is 40.2 Å². The molecule has 4 saturated carbocycles. The molecule has 5 nitrogen and oxygen atoms in total. The number of carbonyl (C=O) groups is 2. The first-order chi connectivity index (χ1) is 16.8. The number of carbonyl (C=O) groups excluding carboxylic acids is 1. The molecule has 4 aliphatic rings. The van der Waals surface area contributed by atoms with E-state index >= 15 is 8.78 Å². The Morgan fingerprint density at radius 2 is 1.72 bits per heavy atom. The molecular weight excluding hydrogens is 464 g/mol. The summed E-state index contributed by atoms with van der Waals surface area (Å²) in [4.78, 5) is 24.4. The SMILES string of the molecule is CCCC[C@H](NC(=O)C[C@@H](C)[C@H]1CCC2C3C(CC[C@@]21C)[C@@]1(C)CC[C@@H](O)C[C@H]1CC3(F)F)C(=O)O. The number of unbranched alkanes of at least 4 members (excludes halogenated alkanes) is 1. The summed E-state index contributed by atoms with van der Waals surface area (Å²) in [6.45, 7) is 8.44. The Labute approximate surface area is 215 Å². The highest BCUT2D eigenvalue weighted by atomic mass is 19.3. The lowest BCUT2D eigenvalue weighted by molar-refractivity contribution is -0.238. The molecule has 7 heteroatoms. The number of alkyl halides is 2. The highest BCUT2D eigenvalue weighted by Crippen LogP contribution is 2.71. The van der Waals surface area contributed by atoms with Gasteiger partial charge in [0.1, 0.15) is 6.04 Å². The molecule has 3 N–H and O–H groups in total. The standard InChI is InChI=1S/C29H47F2NO4/c1-5-6-7-23(26(35)36)32-24(34)14-17(2)20-8-9-21-25-22(11-13-28(20,21)4)27(3)12-10-19(33)15-18(27)16-29(25,30)31/h17-23,25,33H,5-16H2,1-4H3,(H,32,34)(H,35,36)/t17-,18+,19-,20-,21?,22?,23+,25?,27+,28-/m1/s1. The van der Waals surface area contributed by atoms with Crippen LogP contribution in [0.2, 0.25) is 0 Å². The summed E-state index contributed by atoms with van der Waals surface area (Å²) in [7, 11) is 0. The quantitative estimate of drug-likeness (QED) is 0.371. The van der Waals surface area contributed by atoms with Crippen LogP contribution in [0.3, 0.4) is 0 Å². The third-order valence-corrected chi connectivity index (χ3v) is 11.4. The second-order valence-corrected chi connectivity index (χ2v) is 13.3. The molecule has 0 aromatic rings. The Bertz CT molecular complexity index is 836. The van der Waals surface area contributed by atoms with Gasteiger partial charge in [0, 0.05) is 18.8 Å². The van der Waals surface area contributed by atoms with Crippen molar-refractivity contribution in [2.24, 2.45) is 46.3 Å². The molecule has 4 rings (SSSR count). The fourth-order valence-electron chi connectivity index (χ4n) is 9.46. The van der Waals surface area contributed by atoms with Gasteiger partial charge in [0.15, 0.2) is 0 Å². The molecule has 0 spiro atoms. The maximum atomic E-state index is 15.9. The zero-order valence-corrected chi connectivity index (χ0v) is 22.6. The van der Waals surface area contributed by atoms with E-state index in [-0.39, 0.29) is 59.2 Å². The molecule has 3 unspecified atom stereocenters. The zero-order valence-electron chi connectivity index (χ0n) is 22.6. The summed E-state index contributed by atoms with van der Waals surface area (Å²) in [5.74, 6) is -4.57. The van der Waals surface area contributed by atoms with E-state index in [4.69, 9.17) is 0 Å². The van der Waals surface area contributed by atoms with Crippen LogP contribution in [0.1, 0.15) is 105 Å². The van der Waals surface area contributed by atoms with Gasteiger partial charge in [0.2, 0.25) is 5.91 Å². The monoisotopic (exact) mass is 511 g/mol. The molecule has 206 valence electrons. The number of amides is 1. The molecular formula is C29H47F2NO4. The van der Waals surface area contributed by atoms with Gasteiger partial charge in [-0.25, -0.2) is 13.6 Å². The second-order valence-electron chi connectivity index (χ2n) is 13.3. The smallest absolute Gasteiger partial charge is 0.326 e. The van der Waals surface area contributed by atoms with Crippen LogP contribution in [-0.2, 0) is 9.59 Å². The fourth-order valence-corrected chi connectivity index (χ4v) is 9.46. The van der Waals surface area contributed by atoms with Gasteiger partial charge < -0.3 is 15.5 Å². The number of nitrogens with one attached hydrogen (secondary N) is 1. The molecule has 0 bridgehead atoms. The van der Waals surface area contributed by atoms with E-state index < -0.39 is 30.0 Å². The molecule has 0 aliphatic heterocycles. The van der Waals surface area contributed by atoms with Crippen molar-refractivity contribution in [3.63, 3.8) is 0 Å². The van der Waals surface area contributed by atoms with Gasteiger partial charge in [-0.3, -0.25) is 4.79 Å². The third kappa shape index (κ3) is 4.82. The van der Waals surface area contributed by atoms with Crippen molar-refractivity contribution in [1.82, 2.24) is 5.32 Å². The van der Waals surface area contributed by atoms with Crippen LogP contribution in [0, 0.1) is 46.3 Å². The van der Waals surface area contributed by atoms with E-state index in [9.17, 15) is 19.8 Å². The summed E-state index contributed by atoms with van der Waals surface area (Å²) in [6, 6.07) is -0.865. The summed E-state index contributed by atoms with van der Waals surface area (Å²) in [6.07, 6.45) is 7.10. The molecule has 0 heterocycles. The fraction of sp³-hybridized carbons (Fsp3) is 0.931. The van der Waals surface area contributed by atoms with E-state index in [2.05, 4.69) is 19.2 Å². The van der Waals surface area contributed by atoms with Crippen LogP contribution in [0.25, 0.3) is 0 Å². The summed E-state index contributed by atoms with van der Waals surface area (Å²) in [5.41, 5.74) is -0.350. The highest BCUT2D eigenvalue weighted by Gasteiger charge is 2.68. The largest absolute Gasteiger partial charge is 0.480 e. The Kier molecular flexibility index (Phi) is 7.83. The van der Waals surface area contributed by atoms with E-state index in [1.807, 2.05) is 13.8 Å². The van der Waals surface area contributed by atoms with Gasteiger partial charge in [0.05, 0.1) is 6.10 Å². The summed E-state index contributed by atoms with van der Waals surface area (Å²) in [5, 5.41) is 22.4. The highest BCUT2D eigenvalue weighted by molar-refractivity contribution is 5.83. The van der Waals surface area contributed by atoms with Gasteiger partial charge in [-0.1, -0.05) is 40.5 Å². The van der Waals surface area contributed by atoms with Gasteiger partial charge in [-0.05, 0) is 91.8 Å². The van der Waals surface area contributed by atoms with E-state index in [1.165, 1.54) is 0 Å². The van der Waals surface area contributed by atoms with E-state index in [0.29, 0.717) is 19.3 Å². The molecule has 4 aliphatic carbocycles. The first kappa shape index (κ1) is 27.8. The topological polar surface area (TPSA) is 86.6 Å². The number of fused-ring (bicyclic) bond motifs is 5. The maximum absolute atomic E-state index is 15.9. The molecule has 1 amide bonds. The summed E-state index contributed by atoms with van der Waals surface area (Å²) >= 11 is 0. The van der Waals surface area contributed by atoms with Gasteiger partial charge >= 0.3 is 5.97 Å². The lowest BCUT2D eigenvalue weighted by Crippen LogP contribution is -2.61. The lowest BCUT2D eigenvalue weighted by Gasteiger charge is -2.63. The van der Waals surface area contributed by atoms with Crippen LogP contribution in [0.4, 0.5) is 8.78 Å². The molecule has 4 fully saturated rings. The Balaban J connectivity index is 1.48. The minimum atomic E-state index is -2.72. The van der Waals surface area contributed by atoms with Crippen molar-refractivity contribution < 1.29 is 28.6 Å². The number of carboxylic acids is 1. The minimum absolute atomic E-state index is 0.0101. The van der Waals surface area contributed by atoms with E-state index in [1.54, 1.807) is 0 Å². The Morgan fingerprint density at radius 3 is 2.39 bits per heavy atom. The molecule has 0 radical (unpaired) electrons. The number of hydrogen-bond acceptors (Lipinski definition) is 3. The predicted molar refractivity (Wildman–Crippen MR) is 134 cm³/mol. The molecule has 0 saturated heterocycles. The number of halogens is 2. The van der Waals surface area contributed by atoms with Crippen molar-refractivity contribution in [2.75, 3.05) is 0 Å². The van der Waals surface area contributed by atoms with Crippen molar-refractivity contribution in [3.05, 3.63) is 0 Å². The van der Waals surface area contributed by atoms with Crippen molar-refractivity contribution in [3.8, 4) is 0 Å². The second kappa shape index (κ2) is 10.1. The average Bonchev–Trinajstić information content (AvgIpc) is 3.14. The number of hydrogen-bond donors (Lipinski definition) is 3. The van der Waals surface area contributed by atoms with Crippen LogP contribution in [0.5, 0.6) is 0 Å². The molecule has 10 atom stereocenters. The average molecular weight is 512 g/mol. The number of rotatable bonds is 8. The molecule has 36 heavy (non-hydrogen) atoms. The van der Waals surface area contributed by atoms with Crippen molar-refractivity contribution >= 4 is 11.9 Å². The van der Waals surface area contributed by atoms with Crippen LogP contribution < -0.4 is 5.32 Å². The Hall–Kier alpha value is -1.24. The maximum Gasteiger partial charge on any atom is 0.326 e. The molecule has 0 aromatic carbocycles. The van der Waals surface area contributed by atoms with Gasteiger partial charge in [-0.15, -0.1) is 0 Å². The third-order valence-electron chi connectivity index (χ3n) is 11.4. The normalized spacial score (nSPS) is 43.0.